The molecule has 0 radical (unpaired) electrons. The van der Waals surface area contributed by atoms with Crippen molar-refractivity contribution in [1.82, 2.24) is 14.6 Å². The first-order valence-corrected chi connectivity index (χ1v) is 7.25. The molecule has 0 aromatic carbocycles. The van der Waals surface area contributed by atoms with Gasteiger partial charge in [-0.15, -0.1) is 0 Å². The highest BCUT2D eigenvalue weighted by Gasteiger charge is 2.38. The summed E-state index contributed by atoms with van der Waals surface area (Å²) < 4.78 is 7.11. The van der Waals surface area contributed by atoms with Gasteiger partial charge in [-0.3, -0.25) is 4.90 Å². The summed E-state index contributed by atoms with van der Waals surface area (Å²) in [6.07, 6.45) is 3.13. The van der Waals surface area contributed by atoms with Gasteiger partial charge in [0.25, 0.3) is 0 Å². The molecule has 1 aliphatic carbocycles. The number of aromatic nitrogens is 3. The molecule has 2 heterocycles. The van der Waals surface area contributed by atoms with Crippen LogP contribution < -0.4 is 4.90 Å². The van der Waals surface area contributed by atoms with Crippen LogP contribution in [-0.4, -0.2) is 32.3 Å². The van der Waals surface area contributed by atoms with Crippen LogP contribution in [0, 0.1) is 0 Å². The molecule has 1 aliphatic rings. The third-order valence-electron chi connectivity index (χ3n) is 3.06. The summed E-state index contributed by atoms with van der Waals surface area (Å²) in [5.41, 5.74) is 0.0521. The number of hydrogen-bond acceptors (Lipinski definition) is 4. The molecule has 7 heteroatoms. The van der Waals surface area contributed by atoms with Gasteiger partial charge in [0.2, 0.25) is 0 Å². The lowest BCUT2D eigenvalue weighted by atomic mass is 10.2. The highest BCUT2D eigenvalue weighted by atomic mass is 35.5. The van der Waals surface area contributed by atoms with Crippen LogP contribution in [0.5, 0.6) is 0 Å². The van der Waals surface area contributed by atoms with E-state index in [1.54, 1.807) is 27.7 Å². The third-order valence-corrected chi connectivity index (χ3v) is 3.25. The standard InChI is InChI=1S/C14H17ClN4O2/c1-14(2,3)21-13(20)18(9-4-5-9)12-8-10(15)17-11-6-7-16-19(11)12/h6-9H,4-5H2,1-3H3. The van der Waals surface area contributed by atoms with Crippen LogP contribution >= 0.6 is 11.6 Å². The lowest BCUT2D eigenvalue weighted by molar-refractivity contribution is 0.0576. The number of ether oxygens (including phenoxy) is 1. The maximum absolute atomic E-state index is 12.5. The topological polar surface area (TPSA) is 59.7 Å². The Morgan fingerprint density at radius 3 is 2.81 bits per heavy atom. The van der Waals surface area contributed by atoms with Crippen molar-refractivity contribution in [2.24, 2.45) is 0 Å². The molecular weight excluding hydrogens is 292 g/mol. The van der Waals surface area contributed by atoms with E-state index in [0.29, 0.717) is 16.6 Å². The van der Waals surface area contributed by atoms with Gasteiger partial charge in [-0.25, -0.2) is 9.78 Å². The van der Waals surface area contributed by atoms with Crippen LogP contribution in [0.2, 0.25) is 5.15 Å². The molecule has 3 rings (SSSR count). The van der Waals surface area contributed by atoms with Gasteiger partial charge in [-0.05, 0) is 33.6 Å². The molecule has 1 saturated carbocycles. The number of halogens is 1. The van der Waals surface area contributed by atoms with Gasteiger partial charge in [0.1, 0.15) is 16.6 Å². The Hall–Kier alpha value is -1.82. The Morgan fingerprint density at radius 2 is 2.19 bits per heavy atom. The Labute approximate surface area is 127 Å². The molecule has 0 unspecified atom stereocenters. The second kappa shape index (κ2) is 4.87. The zero-order chi connectivity index (χ0) is 15.2. The van der Waals surface area contributed by atoms with Crippen molar-refractivity contribution in [3.63, 3.8) is 0 Å². The summed E-state index contributed by atoms with van der Waals surface area (Å²) in [7, 11) is 0. The predicted molar refractivity (Wildman–Crippen MR) is 79.7 cm³/mol. The number of nitrogens with zero attached hydrogens (tertiary/aromatic N) is 4. The van der Waals surface area contributed by atoms with E-state index in [4.69, 9.17) is 16.3 Å². The quantitative estimate of drug-likeness (QED) is 0.799. The fourth-order valence-electron chi connectivity index (χ4n) is 2.11. The molecule has 0 bridgehead atoms. The summed E-state index contributed by atoms with van der Waals surface area (Å²) >= 11 is 6.06. The highest BCUT2D eigenvalue weighted by Crippen LogP contribution is 2.34. The first kappa shape index (κ1) is 14.1. The van der Waals surface area contributed by atoms with Crippen molar-refractivity contribution in [3.05, 3.63) is 23.5 Å². The van der Waals surface area contributed by atoms with E-state index in [2.05, 4.69) is 10.1 Å². The third kappa shape index (κ3) is 2.95. The van der Waals surface area contributed by atoms with Gasteiger partial charge in [0, 0.05) is 18.2 Å². The monoisotopic (exact) mass is 308 g/mol. The van der Waals surface area contributed by atoms with E-state index in [0.717, 1.165) is 12.8 Å². The number of amides is 1. The Bertz CT molecular complexity index is 688. The Morgan fingerprint density at radius 1 is 1.48 bits per heavy atom. The van der Waals surface area contributed by atoms with E-state index in [9.17, 15) is 4.79 Å². The summed E-state index contributed by atoms with van der Waals surface area (Å²) in [6.45, 7) is 5.54. The first-order chi connectivity index (χ1) is 9.85. The van der Waals surface area contributed by atoms with Gasteiger partial charge >= 0.3 is 6.09 Å². The second-order valence-corrected chi connectivity index (χ2v) is 6.51. The van der Waals surface area contributed by atoms with Crippen molar-refractivity contribution >= 4 is 29.2 Å². The summed E-state index contributed by atoms with van der Waals surface area (Å²) in [5.74, 6) is 0.590. The number of rotatable bonds is 2. The minimum Gasteiger partial charge on any atom is -0.443 e. The van der Waals surface area contributed by atoms with Crippen LogP contribution in [0.4, 0.5) is 10.6 Å². The van der Waals surface area contributed by atoms with Gasteiger partial charge in [0.15, 0.2) is 5.65 Å². The van der Waals surface area contributed by atoms with E-state index in [-0.39, 0.29) is 12.1 Å². The van der Waals surface area contributed by atoms with Crippen molar-refractivity contribution in [3.8, 4) is 0 Å². The molecule has 21 heavy (non-hydrogen) atoms. The smallest absolute Gasteiger partial charge is 0.416 e. The number of fused-ring (bicyclic) bond motifs is 1. The van der Waals surface area contributed by atoms with Crippen molar-refractivity contribution in [2.75, 3.05) is 4.90 Å². The molecule has 0 N–H and O–H groups in total. The average Bonchev–Trinajstić information content (AvgIpc) is 3.04. The van der Waals surface area contributed by atoms with Gasteiger partial charge in [-0.2, -0.15) is 9.61 Å². The van der Waals surface area contributed by atoms with Crippen LogP contribution in [0.25, 0.3) is 5.65 Å². The molecule has 6 nitrogen and oxygen atoms in total. The van der Waals surface area contributed by atoms with Crippen LogP contribution in [-0.2, 0) is 4.74 Å². The fourth-order valence-corrected chi connectivity index (χ4v) is 2.30. The normalized spacial score (nSPS) is 15.2. The van der Waals surface area contributed by atoms with E-state index in [1.165, 1.54) is 0 Å². The number of carbonyl (C=O) groups excluding carboxylic acids is 1. The molecule has 2 aromatic heterocycles. The molecule has 0 spiro atoms. The first-order valence-electron chi connectivity index (χ1n) is 6.88. The molecular formula is C14H17ClN4O2. The molecule has 0 aliphatic heterocycles. The maximum Gasteiger partial charge on any atom is 0.416 e. The molecule has 112 valence electrons. The predicted octanol–water partition coefficient (Wildman–Crippen LogP) is 3.29. The lowest BCUT2D eigenvalue weighted by Gasteiger charge is -2.27. The van der Waals surface area contributed by atoms with E-state index < -0.39 is 5.60 Å². The van der Waals surface area contributed by atoms with Crippen LogP contribution in [0.15, 0.2) is 18.3 Å². The molecule has 0 atom stereocenters. The number of anilines is 1. The minimum atomic E-state index is -0.551. The van der Waals surface area contributed by atoms with Crippen molar-refractivity contribution in [1.29, 1.82) is 0 Å². The lowest BCUT2D eigenvalue weighted by Crippen LogP contribution is -2.39. The van der Waals surface area contributed by atoms with Gasteiger partial charge in [-0.1, -0.05) is 11.6 Å². The van der Waals surface area contributed by atoms with Crippen molar-refractivity contribution in [2.45, 2.75) is 45.3 Å². The molecule has 1 fully saturated rings. The largest absolute Gasteiger partial charge is 0.443 e. The zero-order valence-electron chi connectivity index (χ0n) is 12.2. The van der Waals surface area contributed by atoms with E-state index >= 15 is 0 Å². The maximum atomic E-state index is 12.5. The van der Waals surface area contributed by atoms with Crippen molar-refractivity contribution < 1.29 is 9.53 Å². The Kier molecular flexibility index (Phi) is 3.28. The SMILES string of the molecule is CC(C)(C)OC(=O)N(c1cc(Cl)nc2ccnn12)C1CC1. The second-order valence-electron chi connectivity index (χ2n) is 6.12. The van der Waals surface area contributed by atoms with Gasteiger partial charge < -0.3 is 4.74 Å². The number of carbonyl (C=O) groups is 1. The average molecular weight is 309 g/mol. The Balaban J connectivity index is 2.04. The highest BCUT2D eigenvalue weighted by molar-refractivity contribution is 6.29. The molecule has 0 saturated heterocycles. The van der Waals surface area contributed by atoms with E-state index in [1.807, 2.05) is 20.8 Å². The summed E-state index contributed by atoms with van der Waals surface area (Å²) in [4.78, 5) is 18.3. The summed E-state index contributed by atoms with van der Waals surface area (Å²) in [6, 6.07) is 3.52. The fraction of sp³-hybridized carbons (Fsp3) is 0.500. The van der Waals surface area contributed by atoms with Gasteiger partial charge in [0.05, 0.1) is 6.20 Å². The molecule has 1 amide bonds. The molecule has 2 aromatic rings. The minimum absolute atomic E-state index is 0.130. The zero-order valence-corrected chi connectivity index (χ0v) is 13.0. The van der Waals surface area contributed by atoms with Crippen LogP contribution in [0.3, 0.4) is 0 Å². The summed E-state index contributed by atoms with van der Waals surface area (Å²) in [5, 5.41) is 4.54. The van der Waals surface area contributed by atoms with Crippen LogP contribution in [0.1, 0.15) is 33.6 Å². The number of hydrogen-bond donors (Lipinski definition) is 0.